The van der Waals surface area contributed by atoms with Gasteiger partial charge in [-0.3, -0.25) is 14.9 Å². The molecule has 0 aliphatic rings. The van der Waals surface area contributed by atoms with Gasteiger partial charge >= 0.3 is 0 Å². The summed E-state index contributed by atoms with van der Waals surface area (Å²) in [6.07, 6.45) is 4.80. The third-order valence-corrected chi connectivity index (χ3v) is 2.78. The van der Waals surface area contributed by atoms with Crippen LogP contribution >= 0.6 is 11.6 Å². The molecule has 0 spiro atoms. The largest absolute Gasteiger partial charge is 0.351 e. The number of hydrogen-bond donors (Lipinski definition) is 2. The first-order valence-electron chi connectivity index (χ1n) is 5.64. The second-order valence-electron chi connectivity index (χ2n) is 3.83. The highest BCUT2D eigenvalue weighted by Crippen LogP contribution is 2.18. The number of aromatic nitrogens is 3. The summed E-state index contributed by atoms with van der Waals surface area (Å²) in [5.74, 6) is 0.214. The lowest BCUT2D eigenvalue weighted by Gasteiger charge is -2.05. The van der Waals surface area contributed by atoms with E-state index in [2.05, 4.69) is 20.3 Å². The van der Waals surface area contributed by atoms with Crippen molar-refractivity contribution < 1.29 is 9.72 Å². The van der Waals surface area contributed by atoms with Crippen molar-refractivity contribution in [1.82, 2.24) is 20.3 Å². The number of imidazole rings is 1. The molecule has 20 heavy (non-hydrogen) atoms. The van der Waals surface area contributed by atoms with Gasteiger partial charge in [0.25, 0.3) is 11.6 Å². The van der Waals surface area contributed by atoms with Crippen molar-refractivity contribution in [3.63, 3.8) is 0 Å². The van der Waals surface area contributed by atoms with E-state index in [0.717, 1.165) is 18.1 Å². The number of halogens is 1. The van der Waals surface area contributed by atoms with Gasteiger partial charge in [-0.2, -0.15) is 0 Å². The molecule has 2 rings (SSSR count). The summed E-state index contributed by atoms with van der Waals surface area (Å²) < 4.78 is 0. The van der Waals surface area contributed by atoms with E-state index in [-0.39, 0.29) is 16.4 Å². The third kappa shape index (κ3) is 3.29. The van der Waals surface area contributed by atoms with Gasteiger partial charge in [0.05, 0.1) is 10.5 Å². The minimum absolute atomic E-state index is 0.0275. The van der Waals surface area contributed by atoms with Crippen molar-refractivity contribution in [2.24, 2.45) is 0 Å². The fraction of sp³-hybridized carbons (Fsp3) is 0.182. The summed E-state index contributed by atoms with van der Waals surface area (Å²) in [4.78, 5) is 32.4. The molecule has 0 bridgehead atoms. The average Bonchev–Trinajstić information content (AvgIpc) is 2.92. The van der Waals surface area contributed by atoms with E-state index in [9.17, 15) is 14.9 Å². The molecule has 0 aliphatic heterocycles. The highest BCUT2D eigenvalue weighted by molar-refractivity contribution is 6.32. The van der Waals surface area contributed by atoms with Crippen LogP contribution in [0.1, 0.15) is 16.2 Å². The van der Waals surface area contributed by atoms with E-state index < -0.39 is 10.8 Å². The van der Waals surface area contributed by atoms with Crippen molar-refractivity contribution in [2.75, 3.05) is 6.54 Å². The number of amides is 1. The number of nitro groups is 1. The smallest absolute Gasteiger partial charge is 0.288 e. The number of nitrogens with one attached hydrogen (secondary N) is 2. The zero-order chi connectivity index (χ0) is 14.5. The Bertz CT molecular complexity index is 629. The normalized spacial score (nSPS) is 10.2. The molecule has 9 heteroatoms. The van der Waals surface area contributed by atoms with Gasteiger partial charge in [0.2, 0.25) is 0 Å². The second-order valence-corrected chi connectivity index (χ2v) is 4.19. The van der Waals surface area contributed by atoms with Crippen LogP contribution in [0, 0.1) is 10.1 Å². The number of carbonyl (C=O) groups excluding carboxylic acids is 1. The Balaban J connectivity index is 2.01. The molecule has 2 heterocycles. The Morgan fingerprint density at radius 3 is 2.95 bits per heavy atom. The number of hydrogen-bond acceptors (Lipinski definition) is 5. The van der Waals surface area contributed by atoms with E-state index in [0.29, 0.717) is 13.0 Å². The van der Waals surface area contributed by atoms with Crippen LogP contribution in [0.25, 0.3) is 0 Å². The number of nitrogens with zero attached hydrogens (tertiary/aromatic N) is 3. The van der Waals surface area contributed by atoms with E-state index in [1.807, 2.05) is 0 Å². The van der Waals surface area contributed by atoms with Gasteiger partial charge in [0, 0.05) is 31.4 Å². The molecule has 0 unspecified atom stereocenters. The van der Waals surface area contributed by atoms with Crippen LogP contribution in [0.3, 0.4) is 0 Å². The maximum atomic E-state index is 11.9. The molecule has 2 N–H and O–H groups in total. The Labute approximate surface area is 118 Å². The fourth-order valence-corrected chi connectivity index (χ4v) is 1.71. The van der Waals surface area contributed by atoms with Gasteiger partial charge in [0.1, 0.15) is 17.2 Å². The Hall–Kier alpha value is -2.48. The van der Waals surface area contributed by atoms with Crippen LogP contribution in [0.15, 0.2) is 24.7 Å². The highest BCUT2D eigenvalue weighted by atomic mass is 35.5. The second kappa shape index (κ2) is 6.11. The minimum atomic E-state index is -0.636. The number of H-pyrrole nitrogens is 1. The highest BCUT2D eigenvalue weighted by Gasteiger charge is 2.16. The predicted octanol–water partition coefficient (Wildman–Crippen LogP) is 1.34. The van der Waals surface area contributed by atoms with Crippen LogP contribution in [-0.2, 0) is 6.42 Å². The molecule has 0 radical (unpaired) electrons. The lowest BCUT2D eigenvalue weighted by molar-refractivity contribution is -0.385. The number of carbonyl (C=O) groups is 1. The molecule has 8 nitrogen and oxygen atoms in total. The Morgan fingerprint density at radius 1 is 1.50 bits per heavy atom. The van der Waals surface area contributed by atoms with Gasteiger partial charge in [-0.05, 0) is 0 Å². The van der Waals surface area contributed by atoms with Crippen LogP contribution in [0.4, 0.5) is 5.69 Å². The Morgan fingerprint density at radius 2 is 2.30 bits per heavy atom. The van der Waals surface area contributed by atoms with Crippen molar-refractivity contribution in [1.29, 1.82) is 0 Å². The van der Waals surface area contributed by atoms with Gasteiger partial charge < -0.3 is 10.3 Å². The van der Waals surface area contributed by atoms with Crippen molar-refractivity contribution in [3.8, 4) is 0 Å². The van der Waals surface area contributed by atoms with Crippen LogP contribution in [0.5, 0.6) is 0 Å². The van der Waals surface area contributed by atoms with Gasteiger partial charge in [-0.25, -0.2) is 9.97 Å². The van der Waals surface area contributed by atoms with E-state index in [4.69, 9.17) is 11.6 Å². The first-order valence-corrected chi connectivity index (χ1v) is 6.02. The molecular weight excluding hydrogens is 286 g/mol. The molecule has 0 fully saturated rings. The van der Waals surface area contributed by atoms with Gasteiger partial charge in [-0.1, -0.05) is 11.6 Å². The van der Waals surface area contributed by atoms with Gasteiger partial charge in [0.15, 0.2) is 0 Å². The standard InChI is InChI=1S/C11H10ClN5O3/c12-10-8(5-7(6-16-10)17(19)20)11(18)15-2-1-9-13-3-4-14-9/h3-6H,1-2H2,(H,13,14)(H,15,18). The summed E-state index contributed by atoms with van der Waals surface area (Å²) in [5, 5.41) is 13.2. The molecule has 2 aromatic rings. The first kappa shape index (κ1) is 13.9. The number of rotatable bonds is 5. The average molecular weight is 296 g/mol. The van der Waals surface area contributed by atoms with Crippen molar-refractivity contribution in [2.45, 2.75) is 6.42 Å². The first-order chi connectivity index (χ1) is 9.58. The monoisotopic (exact) mass is 295 g/mol. The zero-order valence-corrected chi connectivity index (χ0v) is 10.9. The van der Waals surface area contributed by atoms with Crippen molar-refractivity contribution in [3.05, 3.63) is 51.3 Å². The molecule has 104 valence electrons. The maximum absolute atomic E-state index is 11.9. The van der Waals surface area contributed by atoms with Gasteiger partial charge in [-0.15, -0.1) is 0 Å². The van der Waals surface area contributed by atoms with E-state index in [1.54, 1.807) is 12.4 Å². The molecule has 0 saturated heterocycles. The van der Waals surface area contributed by atoms with Crippen LogP contribution < -0.4 is 5.32 Å². The predicted molar refractivity (Wildman–Crippen MR) is 70.5 cm³/mol. The summed E-state index contributed by atoms with van der Waals surface area (Å²) in [6.45, 7) is 0.325. The van der Waals surface area contributed by atoms with Crippen LogP contribution in [0.2, 0.25) is 5.15 Å². The SMILES string of the molecule is O=C(NCCc1ncc[nH]1)c1cc([N+](=O)[O-])cnc1Cl. The minimum Gasteiger partial charge on any atom is -0.351 e. The lowest BCUT2D eigenvalue weighted by Crippen LogP contribution is -2.26. The summed E-state index contributed by atoms with van der Waals surface area (Å²) in [6, 6.07) is 1.09. The lowest BCUT2D eigenvalue weighted by atomic mass is 10.2. The molecule has 0 aromatic carbocycles. The summed E-state index contributed by atoms with van der Waals surface area (Å²) in [7, 11) is 0. The molecule has 2 aromatic heterocycles. The molecule has 0 aliphatic carbocycles. The quantitative estimate of drug-likeness (QED) is 0.491. The maximum Gasteiger partial charge on any atom is 0.288 e. The number of pyridine rings is 1. The number of aromatic amines is 1. The fourth-order valence-electron chi connectivity index (χ4n) is 1.52. The molecule has 0 atom stereocenters. The zero-order valence-electron chi connectivity index (χ0n) is 10.2. The van der Waals surface area contributed by atoms with E-state index in [1.165, 1.54) is 0 Å². The Kier molecular flexibility index (Phi) is 4.26. The van der Waals surface area contributed by atoms with E-state index >= 15 is 0 Å². The van der Waals surface area contributed by atoms with Crippen molar-refractivity contribution >= 4 is 23.2 Å². The van der Waals surface area contributed by atoms with Crippen LogP contribution in [-0.4, -0.2) is 32.3 Å². The molecular formula is C11H10ClN5O3. The molecule has 0 saturated carbocycles. The summed E-state index contributed by atoms with van der Waals surface area (Å²) >= 11 is 5.76. The summed E-state index contributed by atoms with van der Waals surface area (Å²) in [5.41, 5.74) is -0.314. The topological polar surface area (TPSA) is 114 Å². The molecule has 1 amide bonds. The third-order valence-electron chi connectivity index (χ3n) is 2.48.